The predicted molar refractivity (Wildman–Crippen MR) is 148 cm³/mol. The van der Waals surface area contributed by atoms with Crippen LogP contribution in [0.3, 0.4) is 0 Å². The molecule has 6 nitrogen and oxygen atoms in total. The molecule has 41 heavy (non-hydrogen) atoms. The van der Waals surface area contributed by atoms with E-state index in [1.807, 2.05) is 31.2 Å². The Bertz CT molecular complexity index is 1950. The summed E-state index contributed by atoms with van der Waals surface area (Å²) in [6, 6.07) is 23.8. The first-order valence-electron chi connectivity index (χ1n) is 13.1. The Morgan fingerprint density at radius 2 is 1.44 bits per heavy atom. The molecule has 3 heterocycles. The van der Waals surface area contributed by atoms with Crippen LogP contribution in [-0.4, -0.2) is 16.7 Å². The fourth-order valence-corrected chi connectivity index (χ4v) is 5.99. The van der Waals surface area contributed by atoms with Crippen molar-refractivity contribution in [2.45, 2.75) is 25.6 Å². The normalized spacial score (nSPS) is 17.5. The first-order valence-corrected chi connectivity index (χ1v) is 13.1. The molecule has 8 heteroatoms. The topological polar surface area (TPSA) is 70.8 Å². The van der Waals surface area contributed by atoms with Gasteiger partial charge in [-0.3, -0.25) is 14.4 Å². The first kappa shape index (κ1) is 24.9. The van der Waals surface area contributed by atoms with E-state index in [0.29, 0.717) is 16.8 Å². The van der Waals surface area contributed by atoms with Crippen LogP contribution in [0.1, 0.15) is 38.4 Å². The summed E-state index contributed by atoms with van der Waals surface area (Å²) in [4.78, 5) is 46.0. The van der Waals surface area contributed by atoms with Crippen LogP contribution in [0.4, 0.5) is 14.5 Å². The van der Waals surface area contributed by atoms with Gasteiger partial charge in [0.1, 0.15) is 17.2 Å². The number of hydrogen-bond donors (Lipinski definition) is 0. The maximum atomic E-state index is 14.8. The monoisotopic (exact) mass is 548 g/mol. The molecular formula is C33H22F2N2O4. The minimum atomic E-state index is -1.85. The van der Waals surface area contributed by atoms with Gasteiger partial charge >= 0.3 is 0 Å². The molecule has 0 N–H and O–H groups in total. The molecule has 2 amide bonds. The molecule has 7 rings (SSSR count). The minimum Gasteiger partial charge on any atom is -0.450 e. The highest BCUT2D eigenvalue weighted by atomic mass is 19.1. The summed E-state index contributed by atoms with van der Waals surface area (Å²) in [5, 5.41) is -0.0598. The van der Waals surface area contributed by atoms with Gasteiger partial charge in [-0.15, -0.1) is 0 Å². The molecule has 0 fully saturated rings. The second kappa shape index (κ2) is 8.96. The molecule has 0 saturated heterocycles. The molecule has 1 spiro atoms. The zero-order valence-corrected chi connectivity index (χ0v) is 21.9. The fraction of sp³-hybridized carbons (Fsp3) is 0.121. The highest BCUT2D eigenvalue weighted by Gasteiger charge is 2.65. The van der Waals surface area contributed by atoms with E-state index in [-0.39, 0.29) is 35.4 Å². The van der Waals surface area contributed by atoms with Gasteiger partial charge in [-0.05, 0) is 54.4 Å². The van der Waals surface area contributed by atoms with Crippen molar-refractivity contribution in [2.24, 2.45) is 0 Å². The molecule has 4 aromatic carbocycles. The van der Waals surface area contributed by atoms with Crippen LogP contribution in [-0.2, 0) is 23.4 Å². The van der Waals surface area contributed by atoms with Gasteiger partial charge in [0, 0.05) is 12.1 Å². The lowest BCUT2D eigenvalue weighted by atomic mass is 9.83. The molecule has 1 unspecified atom stereocenters. The third-order valence-corrected chi connectivity index (χ3v) is 7.91. The molecule has 0 saturated carbocycles. The molecular weight excluding hydrogens is 526 g/mol. The van der Waals surface area contributed by atoms with Gasteiger partial charge in [0.05, 0.1) is 23.2 Å². The van der Waals surface area contributed by atoms with Crippen molar-refractivity contribution in [2.75, 3.05) is 4.90 Å². The van der Waals surface area contributed by atoms with E-state index in [0.717, 1.165) is 23.3 Å². The standard InChI is InChI=1S/C33H22F2N2O4/c1-19-6-8-21(9-7-19)18-37-31(39)30-28(29(38)24-16-23(35)14-15-27(24)41-30)33(37)25-4-2-3-5-26(25)36(32(33)40)17-20-10-12-22(34)13-11-20/h2-16H,17-18H2,1H3. The molecule has 2 aliphatic rings. The summed E-state index contributed by atoms with van der Waals surface area (Å²) in [5.74, 6) is -2.43. The maximum absolute atomic E-state index is 14.8. The number of carbonyl (C=O) groups is 2. The van der Waals surface area contributed by atoms with Gasteiger partial charge in [0.25, 0.3) is 11.8 Å². The maximum Gasteiger partial charge on any atom is 0.291 e. The zero-order valence-electron chi connectivity index (χ0n) is 21.9. The number of anilines is 1. The summed E-state index contributed by atoms with van der Waals surface area (Å²) in [7, 11) is 0. The van der Waals surface area contributed by atoms with E-state index in [1.54, 1.807) is 36.4 Å². The number of carbonyl (C=O) groups excluding carboxylic acids is 2. The van der Waals surface area contributed by atoms with Crippen LogP contribution in [0, 0.1) is 18.6 Å². The lowest BCUT2D eigenvalue weighted by Gasteiger charge is -2.34. The van der Waals surface area contributed by atoms with Crippen molar-refractivity contribution < 1.29 is 22.8 Å². The van der Waals surface area contributed by atoms with E-state index >= 15 is 0 Å². The van der Waals surface area contributed by atoms with Crippen LogP contribution in [0.5, 0.6) is 0 Å². The van der Waals surface area contributed by atoms with Gasteiger partial charge in [-0.25, -0.2) is 8.78 Å². The zero-order chi connectivity index (χ0) is 28.5. The quantitative estimate of drug-likeness (QED) is 0.284. The summed E-state index contributed by atoms with van der Waals surface area (Å²) < 4.78 is 33.9. The molecule has 0 aliphatic carbocycles. The Morgan fingerprint density at radius 3 is 2.20 bits per heavy atom. The van der Waals surface area contributed by atoms with Gasteiger partial charge < -0.3 is 14.2 Å². The Morgan fingerprint density at radius 1 is 0.780 bits per heavy atom. The Labute approximate surface area is 233 Å². The number of benzene rings is 4. The number of aryl methyl sites for hydroxylation is 1. The first-order chi connectivity index (χ1) is 19.8. The van der Waals surface area contributed by atoms with Gasteiger partial charge in [0.15, 0.2) is 11.0 Å². The second-order valence-corrected chi connectivity index (χ2v) is 10.4. The van der Waals surface area contributed by atoms with Crippen molar-refractivity contribution in [1.82, 2.24) is 4.90 Å². The molecule has 5 aromatic rings. The molecule has 0 radical (unpaired) electrons. The van der Waals surface area contributed by atoms with Crippen LogP contribution in [0.25, 0.3) is 11.0 Å². The second-order valence-electron chi connectivity index (χ2n) is 10.4. The number of para-hydroxylation sites is 1. The van der Waals surface area contributed by atoms with Crippen molar-refractivity contribution >= 4 is 28.5 Å². The van der Waals surface area contributed by atoms with Crippen LogP contribution < -0.4 is 10.3 Å². The van der Waals surface area contributed by atoms with E-state index in [2.05, 4.69) is 0 Å². The van der Waals surface area contributed by atoms with Gasteiger partial charge in [-0.1, -0.05) is 60.2 Å². The lowest BCUT2D eigenvalue weighted by molar-refractivity contribution is -0.126. The van der Waals surface area contributed by atoms with Crippen LogP contribution >= 0.6 is 0 Å². The average Bonchev–Trinajstić information content (AvgIpc) is 3.36. The van der Waals surface area contributed by atoms with Crippen LogP contribution in [0.2, 0.25) is 0 Å². The van der Waals surface area contributed by atoms with E-state index in [9.17, 15) is 23.2 Å². The lowest BCUT2D eigenvalue weighted by Crippen LogP contribution is -2.52. The van der Waals surface area contributed by atoms with E-state index in [1.165, 1.54) is 28.0 Å². The van der Waals surface area contributed by atoms with Crippen molar-refractivity contribution in [3.63, 3.8) is 0 Å². The smallest absolute Gasteiger partial charge is 0.291 e. The summed E-state index contributed by atoms with van der Waals surface area (Å²) >= 11 is 0. The molecule has 0 bridgehead atoms. The van der Waals surface area contributed by atoms with Gasteiger partial charge in [0.2, 0.25) is 5.76 Å². The third kappa shape index (κ3) is 3.57. The average molecular weight is 549 g/mol. The number of hydrogen-bond acceptors (Lipinski definition) is 4. The summed E-state index contributed by atoms with van der Waals surface area (Å²) in [6.45, 7) is 2.03. The fourth-order valence-electron chi connectivity index (χ4n) is 5.99. The van der Waals surface area contributed by atoms with Crippen LogP contribution in [0.15, 0.2) is 100 Å². The van der Waals surface area contributed by atoms with Crippen molar-refractivity contribution in [3.05, 3.63) is 146 Å². The Balaban J connectivity index is 1.50. The minimum absolute atomic E-state index is 0.0118. The molecule has 2 aliphatic heterocycles. The highest BCUT2D eigenvalue weighted by Crippen LogP contribution is 2.53. The number of rotatable bonds is 4. The highest BCUT2D eigenvalue weighted by molar-refractivity contribution is 6.17. The summed E-state index contributed by atoms with van der Waals surface area (Å²) in [6.07, 6.45) is 0. The SMILES string of the molecule is Cc1ccc(CN2C(=O)c3oc4ccc(F)cc4c(=O)c3C23C(=O)N(Cc2ccc(F)cc2)c2ccccc23)cc1. The molecule has 1 aromatic heterocycles. The van der Waals surface area contributed by atoms with E-state index < -0.39 is 34.4 Å². The molecule has 202 valence electrons. The Kier molecular flexibility index (Phi) is 5.44. The number of nitrogens with zero attached hydrogens (tertiary/aromatic N) is 2. The van der Waals surface area contributed by atoms with Crippen molar-refractivity contribution in [1.29, 1.82) is 0 Å². The Hall–Kier alpha value is -5.11. The molecule has 1 atom stereocenters. The van der Waals surface area contributed by atoms with E-state index in [4.69, 9.17) is 4.42 Å². The number of amides is 2. The number of halogens is 2. The number of fused-ring (bicyclic) bond motifs is 5. The third-order valence-electron chi connectivity index (χ3n) is 7.91. The largest absolute Gasteiger partial charge is 0.450 e. The van der Waals surface area contributed by atoms with Gasteiger partial charge in [-0.2, -0.15) is 0 Å². The predicted octanol–water partition coefficient (Wildman–Crippen LogP) is 5.83. The van der Waals surface area contributed by atoms with Crippen molar-refractivity contribution in [3.8, 4) is 0 Å². The summed E-state index contributed by atoms with van der Waals surface area (Å²) in [5.41, 5.74) is 0.809.